The minimum atomic E-state index is -0.162. The van der Waals surface area contributed by atoms with Crippen molar-refractivity contribution in [3.8, 4) is 50.2 Å². The first kappa shape index (κ1) is 30.0. The highest BCUT2D eigenvalue weighted by molar-refractivity contribution is 6.13. The van der Waals surface area contributed by atoms with Gasteiger partial charge in [-0.3, -0.25) is 0 Å². The van der Waals surface area contributed by atoms with Gasteiger partial charge in [-0.2, -0.15) is 0 Å². The predicted molar refractivity (Wildman–Crippen MR) is 222 cm³/mol. The fourth-order valence-electron chi connectivity index (χ4n) is 8.93. The van der Waals surface area contributed by atoms with Crippen LogP contribution in [0.2, 0.25) is 0 Å². The van der Waals surface area contributed by atoms with E-state index in [4.69, 9.17) is 4.42 Å². The van der Waals surface area contributed by atoms with Crippen molar-refractivity contribution in [1.82, 2.24) is 4.57 Å². The lowest BCUT2D eigenvalue weighted by Gasteiger charge is -2.22. The summed E-state index contributed by atoms with van der Waals surface area (Å²) < 4.78 is 8.98. The summed E-state index contributed by atoms with van der Waals surface area (Å²) in [5.74, 6) is 0. The molecule has 1 aliphatic carbocycles. The van der Waals surface area contributed by atoms with Crippen LogP contribution in [0.5, 0.6) is 0 Å². The zero-order valence-corrected chi connectivity index (χ0v) is 29.6. The molecule has 1 aliphatic rings. The summed E-state index contributed by atoms with van der Waals surface area (Å²) in [6, 6.07) is 64.1. The van der Waals surface area contributed by atoms with E-state index in [0.29, 0.717) is 0 Å². The summed E-state index contributed by atoms with van der Waals surface area (Å²) in [5, 5.41) is 4.84. The molecule has 0 amide bonds. The average molecular weight is 678 g/mol. The van der Waals surface area contributed by atoms with Gasteiger partial charge in [0.25, 0.3) is 0 Å². The molecule has 10 aromatic rings. The van der Waals surface area contributed by atoms with E-state index in [1.54, 1.807) is 0 Å². The minimum absolute atomic E-state index is 0.162. The standard InChI is InChI=1S/C51H35NO/c1-51(2)44-25-24-40-39-18-9-10-19-48(39)53-50(40)49(44)41-23-20-37(31-45(41)51)34-16-11-17-38(28-34)52-46-26-21-35(32-12-5-3-6-13-32)29-42(46)43-30-36(22-27-47(43)52)33-14-7-4-8-15-33/h3-31H,1-2H3. The summed E-state index contributed by atoms with van der Waals surface area (Å²) in [7, 11) is 0. The second-order valence-electron chi connectivity index (χ2n) is 14.9. The number of nitrogens with zero attached hydrogens (tertiary/aromatic N) is 1. The highest BCUT2D eigenvalue weighted by Gasteiger charge is 2.38. The van der Waals surface area contributed by atoms with E-state index in [2.05, 4.69) is 188 Å². The third kappa shape index (κ3) is 4.45. The summed E-state index contributed by atoms with van der Waals surface area (Å²) in [6.45, 7) is 4.69. The SMILES string of the molecule is CC1(C)c2cc(-c3cccc(-n4c5ccc(-c6ccccc6)cc5c5cc(-c6ccccc6)ccc54)c3)ccc2-c2c1ccc1c2oc2ccccc21. The molecule has 0 saturated heterocycles. The largest absolute Gasteiger partial charge is 0.455 e. The lowest BCUT2D eigenvalue weighted by molar-refractivity contribution is 0.653. The van der Waals surface area contributed by atoms with E-state index in [-0.39, 0.29) is 5.41 Å². The first-order valence-corrected chi connectivity index (χ1v) is 18.4. The number of para-hydroxylation sites is 1. The fraction of sp³-hybridized carbons (Fsp3) is 0.0588. The Balaban J connectivity index is 1.07. The van der Waals surface area contributed by atoms with E-state index < -0.39 is 0 Å². The number of fused-ring (bicyclic) bond motifs is 10. The molecule has 0 unspecified atom stereocenters. The van der Waals surface area contributed by atoms with Crippen LogP contribution in [0, 0.1) is 0 Å². The molecule has 0 saturated carbocycles. The van der Waals surface area contributed by atoms with Gasteiger partial charge in [0.05, 0.1) is 11.0 Å². The molecule has 2 heteroatoms. The molecule has 2 aromatic heterocycles. The lowest BCUT2D eigenvalue weighted by atomic mass is 9.81. The number of rotatable bonds is 4. The van der Waals surface area contributed by atoms with Crippen LogP contribution in [0.15, 0.2) is 180 Å². The molecule has 0 bridgehead atoms. The molecule has 53 heavy (non-hydrogen) atoms. The smallest absolute Gasteiger partial charge is 0.143 e. The van der Waals surface area contributed by atoms with Gasteiger partial charge in [0.2, 0.25) is 0 Å². The van der Waals surface area contributed by atoms with Crippen LogP contribution in [0.25, 0.3) is 93.9 Å². The fourth-order valence-corrected chi connectivity index (χ4v) is 8.93. The summed E-state index contributed by atoms with van der Waals surface area (Å²) >= 11 is 0. The third-order valence-electron chi connectivity index (χ3n) is 11.6. The number of hydrogen-bond donors (Lipinski definition) is 0. The van der Waals surface area contributed by atoms with Crippen LogP contribution in [0.1, 0.15) is 25.0 Å². The second-order valence-corrected chi connectivity index (χ2v) is 14.9. The Morgan fingerprint density at radius 3 is 1.70 bits per heavy atom. The molecule has 0 aliphatic heterocycles. The molecule has 8 aromatic carbocycles. The highest BCUT2D eigenvalue weighted by atomic mass is 16.3. The molecule has 11 rings (SSSR count). The van der Waals surface area contributed by atoms with Crippen LogP contribution in [0.3, 0.4) is 0 Å². The van der Waals surface area contributed by atoms with Gasteiger partial charge in [0, 0.05) is 38.2 Å². The van der Waals surface area contributed by atoms with E-state index >= 15 is 0 Å². The van der Waals surface area contributed by atoms with Crippen LogP contribution in [0.4, 0.5) is 0 Å². The van der Waals surface area contributed by atoms with Crippen LogP contribution in [-0.4, -0.2) is 4.57 Å². The maximum absolute atomic E-state index is 6.55. The quantitative estimate of drug-likeness (QED) is 0.181. The van der Waals surface area contributed by atoms with E-state index in [1.807, 2.05) is 6.07 Å². The van der Waals surface area contributed by atoms with E-state index in [9.17, 15) is 0 Å². The average Bonchev–Trinajstić information content (AvgIpc) is 3.83. The first-order chi connectivity index (χ1) is 26.0. The number of hydrogen-bond acceptors (Lipinski definition) is 1. The molecule has 250 valence electrons. The Bertz CT molecular complexity index is 2970. The molecule has 2 nitrogen and oxygen atoms in total. The first-order valence-electron chi connectivity index (χ1n) is 18.4. The highest BCUT2D eigenvalue weighted by Crippen LogP contribution is 2.53. The van der Waals surface area contributed by atoms with Crippen molar-refractivity contribution in [2.24, 2.45) is 0 Å². The van der Waals surface area contributed by atoms with Gasteiger partial charge >= 0.3 is 0 Å². The van der Waals surface area contributed by atoms with Crippen molar-refractivity contribution < 1.29 is 4.42 Å². The number of furan rings is 1. The Hall–Kier alpha value is -6.64. The van der Waals surface area contributed by atoms with Gasteiger partial charge in [-0.25, -0.2) is 0 Å². The Morgan fingerprint density at radius 2 is 1.00 bits per heavy atom. The van der Waals surface area contributed by atoms with Crippen molar-refractivity contribution in [1.29, 1.82) is 0 Å². The second kappa shape index (κ2) is 11.2. The predicted octanol–water partition coefficient (Wildman–Crippen LogP) is 14.0. The molecule has 0 spiro atoms. The monoisotopic (exact) mass is 677 g/mol. The van der Waals surface area contributed by atoms with Gasteiger partial charge in [-0.15, -0.1) is 0 Å². The zero-order chi connectivity index (χ0) is 35.3. The van der Waals surface area contributed by atoms with Crippen molar-refractivity contribution >= 4 is 43.7 Å². The van der Waals surface area contributed by atoms with Crippen LogP contribution in [-0.2, 0) is 5.41 Å². The van der Waals surface area contributed by atoms with Crippen molar-refractivity contribution in [3.63, 3.8) is 0 Å². The van der Waals surface area contributed by atoms with E-state index in [1.165, 1.54) is 88.2 Å². The molecule has 0 radical (unpaired) electrons. The topological polar surface area (TPSA) is 18.1 Å². The maximum atomic E-state index is 6.55. The maximum Gasteiger partial charge on any atom is 0.143 e. The van der Waals surface area contributed by atoms with Gasteiger partial charge < -0.3 is 8.98 Å². The molecule has 0 fully saturated rings. The van der Waals surface area contributed by atoms with Crippen molar-refractivity contribution in [3.05, 3.63) is 187 Å². The lowest BCUT2D eigenvalue weighted by Crippen LogP contribution is -2.14. The molecule has 2 heterocycles. The number of benzene rings is 8. The number of aromatic nitrogens is 1. The summed E-state index contributed by atoms with van der Waals surface area (Å²) in [6.07, 6.45) is 0. The van der Waals surface area contributed by atoms with Gasteiger partial charge in [-0.1, -0.05) is 141 Å². The van der Waals surface area contributed by atoms with Crippen LogP contribution < -0.4 is 0 Å². The normalized spacial score (nSPS) is 13.2. The van der Waals surface area contributed by atoms with Gasteiger partial charge in [0.15, 0.2) is 0 Å². The Labute approximate surface area is 308 Å². The van der Waals surface area contributed by atoms with Crippen molar-refractivity contribution in [2.75, 3.05) is 0 Å². The molecule has 0 atom stereocenters. The van der Waals surface area contributed by atoms with Gasteiger partial charge in [-0.05, 0) is 98.6 Å². The summed E-state index contributed by atoms with van der Waals surface area (Å²) in [5.41, 5.74) is 17.7. The molecular weight excluding hydrogens is 643 g/mol. The summed E-state index contributed by atoms with van der Waals surface area (Å²) in [4.78, 5) is 0. The Kier molecular flexibility index (Phi) is 6.33. The minimum Gasteiger partial charge on any atom is -0.455 e. The van der Waals surface area contributed by atoms with Gasteiger partial charge in [0.1, 0.15) is 11.2 Å². The van der Waals surface area contributed by atoms with E-state index in [0.717, 1.165) is 16.9 Å². The molecular formula is C51H35NO. The van der Waals surface area contributed by atoms with Crippen LogP contribution >= 0.6 is 0 Å². The Morgan fingerprint density at radius 1 is 0.415 bits per heavy atom. The van der Waals surface area contributed by atoms with Crippen molar-refractivity contribution in [2.45, 2.75) is 19.3 Å². The zero-order valence-electron chi connectivity index (χ0n) is 29.6. The molecule has 0 N–H and O–H groups in total. The third-order valence-corrected chi connectivity index (χ3v) is 11.6.